The van der Waals surface area contributed by atoms with Gasteiger partial charge in [-0.1, -0.05) is 54.8 Å². The maximum Gasteiger partial charge on any atom is 0.254 e. The van der Waals surface area contributed by atoms with Crippen molar-refractivity contribution in [1.29, 1.82) is 0 Å². The van der Waals surface area contributed by atoms with Crippen LogP contribution in [0.4, 0.5) is 11.8 Å². The van der Waals surface area contributed by atoms with Crippen LogP contribution in [0.3, 0.4) is 0 Å². The summed E-state index contributed by atoms with van der Waals surface area (Å²) in [4.78, 5) is 35.2. The lowest BCUT2D eigenvalue weighted by Crippen LogP contribution is -2.50. The van der Waals surface area contributed by atoms with E-state index in [-0.39, 0.29) is 18.0 Å². The molecule has 7 rings (SSSR count). The number of rotatable bonds is 10. The minimum absolute atomic E-state index is 0.0505. The number of carbonyl (C=O) groups is 1. The van der Waals surface area contributed by atoms with Gasteiger partial charge in [0.25, 0.3) is 5.91 Å². The first-order valence-corrected chi connectivity index (χ1v) is 20.2. The number of hydrogen-bond donors (Lipinski definition) is 1. The summed E-state index contributed by atoms with van der Waals surface area (Å²) in [7, 11) is 3.23. The zero-order chi connectivity index (χ0) is 36.7. The van der Waals surface area contributed by atoms with Crippen LogP contribution in [0.25, 0.3) is 11.3 Å². The first kappa shape index (κ1) is 36.1. The molecule has 1 amide bonds. The number of benzene rings is 2. The van der Waals surface area contributed by atoms with Crippen molar-refractivity contribution in [3.05, 3.63) is 89.1 Å². The molecule has 4 aromatic rings. The Morgan fingerprint density at radius 3 is 2.38 bits per heavy atom. The molecule has 1 spiro atoms. The monoisotopic (exact) mass is 718 g/mol. The summed E-state index contributed by atoms with van der Waals surface area (Å²) in [5, 5.41) is 2.10. The first-order chi connectivity index (χ1) is 25.0. The minimum atomic E-state index is -0.585. The number of likely N-dealkylation sites (tertiary alicyclic amines) is 1. The summed E-state index contributed by atoms with van der Waals surface area (Å²) in [6, 6.07) is 23.1. The van der Waals surface area contributed by atoms with Crippen LogP contribution in [0.2, 0.25) is 0 Å². The van der Waals surface area contributed by atoms with Gasteiger partial charge in [0, 0.05) is 41.2 Å². The van der Waals surface area contributed by atoms with Crippen LogP contribution in [0.5, 0.6) is 5.88 Å². The van der Waals surface area contributed by atoms with Crippen LogP contribution in [-0.2, 0) is 0 Å². The van der Waals surface area contributed by atoms with Gasteiger partial charge in [0.1, 0.15) is 5.82 Å². The smallest absolute Gasteiger partial charge is 0.254 e. The molecule has 4 unspecified atom stereocenters. The predicted molar refractivity (Wildman–Crippen MR) is 214 cm³/mol. The maximum absolute atomic E-state index is 14.8. The van der Waals surface area contributed by atoms with Gasteiger partial charge < -0.3 is 19.3 Å². The molecular formula is C43H54N6O2S. The Bertz CT molecular complexity index is 1960. The molecule has 2 aromatic heterocycles. The van der Waals surface area contributed by atoms with Crippen LogP contribution < -0.4 is 14.4 Å². The molecular weight excluding hydrogens is 665 g/mol. The number of aromatic nitrogens is 3. The Kier molecular flexibility index (Phi) is 10.2. The zero-order valence-electron chi connectivity index (χ0n) is 32.0. The average molecular weight is 719 g/mol. The third-order valence-electron chi connectivity index (χ3n) is 12.0. The fourth-order valence-corrected chi connectivity index (χ4v) is 10.00. The van der Waals surface area contributed by atoms with Gasteiger partial charge in [0.2, 0.25) is 11.8 Å². The van der Waals surface area contributed by atoms with E-state index in [2.05, 4.69) is 109 Å². The molecule has 3 fully saturated rings. The number of nitrogens with one attached hydrogen (secondary N) is 1. The van der Waals surface area contributed by atoms with Gasteiger partial charge in [-0.2, -0.15) is 4.98 Å². The van der Waals surface area contributed by atoms with E-state index in [1.165, 1.54) is 25.7 Å². The summed E-state index contributed by atoms with van der Waals surface area (Å²) in [6.45, 7) is 13.0. The number of hydrogen-bond acceptors (Lipinski definition) is 7. The van der Waals surface area contributed by atoms with Gasteiger partial charge in [-0.25, -0.2) is 9.97 Å². The molecule has 2 aromatic carbocycles. The van der Waals surface area contributed by atoms with Crippen molar-refractivity contribution in [2.75, 3.05) is 23.8 Å². The molecule has 9 heteroatoms. The van der Waals surface area contributed by atoms with Gasteiger partial charge >= 0.3 is 0 Å². The van der Waals surface area contributed by atoms with Crippen LogP contribution in [0, 0.1) is 31.1 Å². The molecule has 0 bridgehead atoms. The summed E-state index contributed by atoms with van der Waals surface area (Å²) in [5.74, 6) is 2.92. The molecule has 52 heavy (non-hydrogen) atoms. The molecule has 3 aliphatic rings. The molecule has 1 aliphatic heterocycles. The van der Waals surface area contributed by atoms with E-state index < -0.39 is 10.7 Å². The number of aryl methyl sites for hydroxylation is 2. The second-order valence-electron chi connectivity index (χ2n) is 15.6. The first-order valence-electron chi connectivity index (χ1n) is 18.9. The second kappa shape index (κ2) is 14.6. The molecule has 0 radical (unpaired) electrons. The summed E-state index contributed by atoms with van der Waals surface area (Å²) < 4.78 is 9.17. The number of anilines is 2. The quantitative estimate of drug-likeness (QED) is 0.164. The van der Waals surface area contributed by atoms with E-state index in [0.717, 1.165) is 51.6 Å². The predicted octanol–water partition coefficient (Wildman–Crippen LogP) is 9.66. The standard InChI is InChI=1S/C43H54N6O2S/c1-9-52(47-42-45-36(24-39(46-42)51-8)40-28(4)13-10-14-29(40)5)33-16-11-15-31(23-33)41(50)49-30(6)34(27(2)3)19-20-37(49)35-17-12-18-38(44-35)48(7)32-25-43(26-32)21-22-43/h9-18,23-24,27,30,32,34,37H,19-22,25-26H2,1-8H3,(H,45,46,47). The summed E-state index contributed by atoms with van der Waals surface area (Å²) in [5.41, 5.74) is 6.47. The Morgan fingerprint density at radius 1 is 1.00 bits per heavy atom. The molecule has 1 N–H and O–H groups in total. The highest BCUT2D eigenvalue weighted by molar-refractivity contribution is 8.16. The van der Waals surface area contributed by atoms with Crippen molar-refractivity contribution in [3.8, 4) is 17.1 Å². The fourth-order valence-electron chi connectivity index (χ4n) is 8.72. The molecule has 2 aliphatic carbocycles. The number of pyridine rings is 1. The van der Waals surface area contributed by atoms with E-state index in [0.29, 0.717) is 40.7 Å². The molecule has 4 atom stereocenters. The lowest BCUT2D eigenvalue weighted by atomic mass is 9.76. The maximum atomic E-state index is 14.8. The van der Waals surface area contributed by atoms with E-state index >= 15 is 0 Å². The summed E-state index contributed by atoms with van der Waals surface area (Å²) in [6.07, 6.45) is 7.29. The molecule has 2 saturated carbocycles. The van der Waals surface area contributed by atoms with E-state index in [1.54, 1.807) is 7.11 Å². The Labute approximate surface area is 312 Å². The number of carbonyl (C=O) groups excluding carboxylic acids is 1. The third kappa shape index (κ3) is 7.08. The normalized spacial score (nSPS) is 21.6. The highest BCUT2D eigenvalue weighted by Crippen LogP contribution is 2.62. The van der Waals surface area contributed by atoms with Gasteiger partial charge in [0.15, 0.2) is 0 Å². The van der Waals surface area contributed by atoms with Crippen molar-refractivity contribution in [3.63, 3.8) is 0 Å². The average Bonchev–Trinajstić information content (AvgIpc) is 3.94. The number of amides is 1. The minimum Gasteiger partial charge on any atom is -0.481 e. The Morgan fingerprint density at radius 2 is 1.71 bits per heavy atom. The lowest BCUT2D eigenvalue weighted by Gasteiger charge is -2.47. The molecule has 274 valence electrons. The fraction of sp³-hybridized carbons (Fsp3) is 0.465. The van der Waals surface area contributed by atoms with Crippen molar-refractivity contribution >= 4 is 33.7 Å². The van der Waals surface area contributed by atoms with Gasteiger partial charge in [-0.05, 0) is 130 Å². The largest absolute Gasteiger partial charge is 0.481 e. The number of nitrogens with zero attached hydrogens (tertiary/aromatic N) is 5. The highest BCUT2D eigenvalue weighted by Gasteiger charge is 2.54. The lowest BCUT2D eigenvalue weighted by molar-refractivity contribution is 0.0221. The molecule has 1 saturated heterocycles. The molecule has 8 nitrogen and oxygen atoms in total. The second-order valence-corrected chi connectivity index (χ2v) is 17.5. The number of ether oxygens (including phenoxy) is 1. The Hall–Kier alpha value is -4.24. The SMILES string of the molecule is C/C=S(/Nc1nc(OC)cc(-c2c(C)cccc2C)n1)c1cccc(C(=O)N2C(c3cccc(N(C)C4CC5(CC5)C4)n3)CCC(C(C)C)C2C)c1. The van der Waals surface area contributed by atoms with Crippen molar-refractivity contribution < 1.29 is 9.53 Å². The third-order valence-corrected chi connectivity index (χ3v) is 13.6. The topological polar surface area (TPSA) is 83.5 Å². The Balaban J connectivity index is 1.17. The van der Waals surface area contributed by atoms with Crippen LogP contribution >= 0.6 is 10.7 Å². The van der Waals surface area contributed by atoms with E-state index in [4.69, 9.17) is 14.7 Å². The van der Waals surface area contributed by atoms with Gasteiger partial charge in [0.05, 0.1) is 24.5 Å². The van der Waals surface area contributed by atoms with Crippen molar-refractivity contribution in [2.45, 2.75) is 103 Å². The van der Waals surface area contributed by atoms with Crippen molar-refractivity contribution in [2.24, 2.45) is 17.3 Å². The van der Waals surface area contributed by atoms with Gasteiger partial charge in [-0.3, -0.25) is 4.79 Å². The zero-order valence-corrected chi connectivity index (χ0v) is 32.8. The van der Waals surface area contributed by atoms with Crippen molar-refractivity contribution in [1.82, 2.24) is 19.9 Å². The van der Waals surface area contributed by atoms with Gasteiger partial charge in [-0.15, -0.1) is 0 Å². The van der Waals surface area contributed by atoms with Crippen LogP contribution in [-0.4, -0.2) is 57.4 Å². The highest BCUT2D eigenvalue weighted by atomic mass is 32.2. The van der Waals surface area contributed by atoms with Crippen LogP contribution in [0.15, 0.2) is 71.6 Å². The molecule has 3 heterocycles. The van der Waals surface area contributed by atoms with Crippen LogP contribution in [0.1, 0.15) is 99.4 Å². The summed E-state index contributed by atoms with van der Waals surface area (Å²) >= 11 is 0. The van der Waals surface area contributed by atoms with E-state index in [9.17, 15) is 4.79 Å². The van der Waals surface area contributed by atoms with E-state index in [1.807, 2.05) is 31.2 Å². The number of methoxy groups -OCH3 is 1. The number of piperidine rings is 1.